The minimum absolute atomic E-state index is 0.0907. The summed E-state index contributed by atoms with van der Waals surface area (Å²) < 4.78 is 10.0. The maximum Gasteiger partial charge on any atom is 0.256 e. The van der Waals surface area contributed by atoms with E-state index in [9.17, 15) is 14.4 Å². The van der Waals surface area contributed by atoms with Gasteiger partial charge in [-0.25, -0.2) is 0 Å². The fourth-order valence-electron chi connectivity index (χ4n) is 2.71. The molecule has 0 fully saturated rings. The number of nitrogens with one attached hydrogen (secondary N) is 2. The van der Waals surface area contributed by atoms with Gasteiger partial charge >= 0.3 is 0 Å². The van der Waals surface area contributed by atoms with E-state index in [-0.39, 0.29) is 24.3 Å². The van der Waals surface area contributed by atoms with E-state index >= 15 is 0 Å². The van der Waals surface area contributed by atoms with Crippen molar-refractivity contribution in [3.63, 3.8) is 0 Å². The van der Waals surface area contributed by atoms with Crippen LogP contribution in [0.4, 0.5) is 5.69 Å². The number of likely N-dealkylation sites (N-methyl/N-ethyl adjacent to an activating group) is 1. The molecule has 2 N–H and O–H groups in total. The second kappa shape index (κ2) is 11.6. The average Bonchev–Trinajstić information content (AvgIpc) is 2.76. The van der Waals surface area contributed by atoms with Crippen molar-refractivity contribution in [1.29, 1.82) is 0 Å². The molecule has 0 bridgehead atoms. The molecule has 0 radical (unpaired) electrons. The molecular weight excluding hydrogens is 386 g/mol. The Bertz CT molecular complexity index is 867. The molecule has 8 heteroatoms. The fourth-order valence-corrected chi connectivity index (χ4v) is 2.71. The van der Waals surface area contributed by atoms with Crippen molar-refractivity contribution in [2.45, 2.75) is 6.42 Å². The zero-order valence-electron chi connectivity index (χ0n) is 17.4. The number of ether oxygens (including phenoxy) is 2. The van der Waals surface area contributed by atoms with Crippen molar-refractivity contribution in [2.24, 2.45) is 0 Å². The highest BCUT2D eigenvalue weighted by atomic mass is 16.5. The van der Waals surface area contributed by atoms with Gasteiger partial charge in [0.15, 0.2) is 0 Å². The summed E-state index contributed by atoms with van der Waals surface area (Å²) in [5.41, 5.74) is 1.10. The molecule has 2 aromatic rings. The van der Waals surface area contributed by atoms with E-state index in [1.54, 1.807) is 69.8 Å². The minimum atomic E-state index is -0.368. The molecule has 2 rings (SSSR count). The molecule has 30 heavy (non-hydrogen) atoms. The highest BCUT2D eigenvalue weighted by Crippen LogP contribution is 2.19. The number of carbonyl (C=O) groups excluding carboxylic acids is 3. The number of rotatable bonds is 10. The average molecular weight is 413 g/mol. The first-order valence-corrected chi connectivity index (χ1v) is 9.51. The molecule has 0 aromatic heterocycles. The van der Waals surface area contributed by atoms with Gasteiger partial charge < -0.3 is 25.0 Å². The molecule has 8 nitrogen and oxygen atoms in total. The first kappa shape index (κ1) is 22.9. The maximum atomic E-state index is 12.8. The Balaban J connectivity index is 2.03. The summed E-state index contributed by atoms with van der Waals surface area (Å²) in [7, 11) is 4.69. The van der Waals surface area contributed by atoms with Crippen LogP contribution in [0.5, 0.6) is 5.75 Å². The van der Waals surface area contributed by atoms with Crippen LogP contribution >= 0.6 is 0 Å². The number of para-hydroxylation sites is 1. The van der Waals surface area contributed by atoms with Crippen LogP contribution in [0.25, 0.3) is 0 Å². The van der Waals surface area contributed by atoms with Gasteiger partial charge in [-0.05, 0) is 42.8 Å². The molecule has 160 valence electrons. The predicted molar refractivity (Wildman–Crippen MR) is 114 cm³/mol. The number of benzene rings is 2. The van der Waals surface area contributed by atoms with Crippen molar-refractivity contribution in [3.8, 4) is 5.75 Å². The SMILES string of the molecule is COCCCNC(=O)CN(C)C(=O)c1ccccc1NC(=O)c1ccc(OC)cc1. The second-order valence-electron chi connectivity index (χ2n) is 6.59. The van der Waals surface area contributed by atoms with Crippen LogP contribution in [0.3, 0.4) is 0 Å². The quantitative estimate of drug-likeness (QED) is 0.582. The van der Waals surface area contributed by atoms with Crippen LogP contribution in [0.1, 0.15) is 27.1 Å². The number of hydrogen-bond donors (Lipinski definition) is 2. The summed E-state index contributed by atoms with van der Waals surface area (Å²) in [4.78, 5) is 38.7. The fraction of sp³-hybridized carbons (Fsp3) is 0.318. The molecule has 0 spiro atoms. The van der Waals surface area contributed by atoms with Crippen molar-refractivity contribution >= 4 is 23.4 Å². The summed E-state index contributed by atoms with van der Waals surface area (Å²) in [6.07, 6.45) is 0.695. The molecule has 0 saturated heterocycles. The van der Waals surface area contributed by atoms with Crippen LogP contribution in [0.2, 0.25) is 0 Å². The second-order valence-corrected chi connectivity index (χ2v) is 6.59. The van der Waals surface area contributed by atoms with Crippen molar-refractivity contribution < 1.29 is 23.9 Å². The molecule has 0 aliphatic carbocycles. The largest absolute Gasteiger partial charge is 0.497 e. The number of amides is 3. The lowest BCUT2D eigenvalue weighted by Crippen LogP contribution is -2.39. The van der Waals surface area contributed by atoms with E-state index in [4.69, 9.17) is 9.47 Å². The molecule has 0 heterocycles. The third-order valence-electron chi connectivity index (χ3n) is 4.33. The summed E-state index contributed by atoms with van der Waals surface area (Å²) in [6, 6.07) is 13.3. The number of hydrogen-bond acceptors (Lipinski definition) is 5. The first-order chi connectivity index (χ1) is 14.5. The Morgan fingerprint density at radius 1 is 1.00 bits per heavy atom. The van der Waals surface area contributed by atoms with Gasteiger partial charge in [-0.1, -0.05) is 12.1 Å². The Labute approximate surface area is 176 Å². The van der Waals surface area contributed by atoms with Crippen LogP contribution in [-0.2, 0) is 9.53 Å². The van der Waals surface area contributed by atoms with E-state index in [0.717, 1.165) is 0 Å². The Hall–Kier alpha value is -3.39. The van der Waals surface area contributed by atoms with E-state index in [1.165, 1.54) is 4.90 Å². The van der Waals surface area contributed by atoms with Crippen LogP contribution in [0.15, 0.2) is 48.5 Å². The molecule has 0 saturated carbocycles. The summed E-state index contributed by atoms with van der Waals surface area (Å²) in [5.74, 6) is -0.338. The van der Waals surface area contributed by atoms with E-state index in [1.807, 2.05) is 0 Å². The molecule has 2 aromatic carbocycles. The van der Waals surface area contributed by atoms with Crippen LogP contribution < -0.4 is 15.4 Å². The third kappa shape index (κ3) is 6.59. The van der Waals surface area contributed by atoms with Gasteiger partial charge in [0.05, 0.1) is 24.9 Å². The minimum Gasteiger partial charge on any atom is -0.497 e. The van der Waals surface area contributed by atoms with E-state index in [0.29, 0.717) is 42.1 Å². The van der Waals surface area contributed by atoms with Gasteiger partial charge in [-0.15, -0.1) is 0 Å². The van der Waals surface area contributed by atoms with Crippen molar-refractivity contribution in [3.05, 3.63) is 59.7 Å². The lowest BCUT2D eigenvalue weighted by Gasteiger charge is -2.19. The summed E-state index contributed by atoms with van der Waals surface area (Å²) >= 11 is 0. The highest BCUT2D eigenvalue weighted by molar-refractivity contribution is 6.09. The van der Waals surface area contributed by atoms with Crippen LogP contribution in [-0.4, -0.2) is 63.6 Å². The third-order valence-corrected chi connectivity index (χ3v) is 4.33. The molecular formula is C22H27N3O5. The maximum absolute atomic E-state index is 12.8. The van der Waals surface area contributed by atoms with Crippen LogP contribution in [0, 0.1) is 0 Å². The number of carbonyl (C=O) groups is 3. The molecule has 0 aliphatic heterocycles. The highest BCUT2D eigenvalue weighted by Gasteiger charge is 2.19. The molecule has 3 amide bonds. The molecule has 0 aliphatic rings. The number of anilines is 1. The van der Waals surface area contributed by atoms with Gasteiger partial charge in [-0.3, -0.25) is 14.4 Å². The number of methoxy groups -OCH3 is 2. The summed E-state index contributed by atoms with van der Waals surface area (Å²) in [5, 5.41) is 5.50. The van der Waals surface area contributed by atoms with Gasteiger partial charge in [0.1, 0.15) is 5.75 Å². The molecule has 0 atom stereocenters. The molecule has 0 unspecified atom stereocenters. The topological polar surface area (TPSA) is 97.0 Å². The smallest absolute Gasteiger partial charge is 0.256 e. The van der Waals surface area contributed by atoms with Gasteiger partial charge in [0.25, 0.3) is 11.8 Å². The number of nitrogens with zero attached hydrogens (tertiary/aromatic N) is 1. The monoisotopic (exact) mass is 413 g/mol. The van der Waals surface area contributed by atoms with E-state index < -0.39 is 0 Å². The Morgan fingerprint density at radius 2 is 1.70 bits per heavy atom. The Kier molecular flexibility index (Phi) is 8.83. The van der Waals surface area contributed by atoms with Crippen molar-refractivity contribution in [2.75, 3.05) is 46.3 Å². The van der Waals surface area contributed by atoms with Gasteiger partial charge in [-0.2, -0.15) is 0 Å². The standard InChI is InChI=1S/C22H27N3O5/c1-25(15-20(26)23-13-6-14-29-2)22(28)18-7-4-5-8-19(18)24-21(27)16-9-11-17(30-3)12-10-16/h4-5,7-12H,6,13-15H2,1-3H3,(H,23,26)(H,24,27). The first-order valence-electron chi connectivity index (χ1n) is 9.51. The van der Waals surface area contributed by atoms with E-state index in [2.05, 4.69) is 10.6 Å². The lowest BCUT2D eigenvalue weighted by molar-refractivity contribution is -0.121. The lowest BCUT2D eigenvalue weighted by atomic mass is 10.1. The normalized spacial score (nSPS) is 10.2. The van der Waals surface area contributed by atoms with Crippen molar-refractivity contribution in [1.82, 2.24) is 10.2 Å². The zero-order chi connectivity index (χ0) is 21.9. The predicted octanol–water partition coefficient (Wildman–Crippen LogP) is 2.17. The zero-order valence-corrected chi connectivity index (χ0v) is 17.4. The van der Waals surface area contributed by atoms with Gasteiger partial charge in [0.2, 0.25) is 5.91 Å². The Morgan fingerprint density at radius 3 is 2.37 bits per heavy atom. The van der Waals surface area contributed by atoms with Gasteiger partial charge in [0, 0.05) is 32.9 Å². The summed E-state index contributed by atoms with van der Waals surface area (Å²) in [6.45, 7) is 0.937.